The smallest absolute Gasteiger partial charge is 0.311 e. The number of pyridine rings is 1. The fourth-order valence-electron chi connectivity index (χ4n) is 1.48. The van der Waals surface area contributed by atoms with Gasteiger partial charge in [0.25, 0.3) is 5.69 Å². The fraction of sp³-hybridized carbons (Fsp3) is 0. The molecule has 0 saturated heterocycles. The predicted molar refractivity (Wildman–Crippen MR) is 68.5 cm³/mol. The molecule has 0 saturated carbocycles. The molecule has 0 unspecified atom stereocenters. The number of nitro benzene ring substituents is 1. The van der Waals surface area contributed by atoms with Gasteiger partial charge in [0.2, 0.25) is 11.6 Å². The van der Waals surface area contributed by atoms with Gasteiger partial charge in [0.1, 0.15) is 5.82 Å². The van der Waals surface area contributed by atoms with Gasteiger partial charge in [0.15, 0.2) is 0 Å². The zero-order valence-electron chi connectivity index (χ0n) is 9.92. The SMILES string of the molecule is Nc1cc([N+](=O)[O-])cc(Oc2ccccc2[N+](=O)[O-])n1. The molecule has 9 nitrogen and oxygen atoms in total. The number of para-hydroxylation sites is 2. The first kappa shape index (κ1) is 13.2. The van der Waals surface area contributed by atoms with Gasteiger partial charge >= 0.3 is 5.69 Å². The molecule has 0 aliphatic rings. The predicted octanol–water partition coefficient (Wildman–Crippen LogP) is 2.27. The third kappa shape index (κ3) is 2.77. The molecule has 2 aromatic rings. The summed E-state index contributed by atoms with van der Waals surface area (Å²) in [6.07, 6.45) is 0. The van der Waals surface area contributed by atoms with Crippen molar-refractivity contribution in [1.82, 2.24) is 4.98 Å². The quantitative estimate of drug-likeness (QED) is 0.668. The van der Waals surface area contributed by atoms with Crippen molar-refractivity contribution < 1.29 is 14.6 Å². The number of nitrogens with two attached hydrogens (primary N) is 1. The van der Waals surface area contributed by atoms with E-state index >= 15 is 0 Å². The van der Waals surface area contributed by atoms with E-state index in [1.807, 2.05) is 0 Å². The lowest BCUT2D eigenvalue weighted by Gasteiger charge is -2.05. The van der Waals surface area contributed by atoms with Gasteiger partial charge in [-0.25, -0.2) is 0 Å². The van der Waals surface area contributed by atoms with Gasteiger partial charge < -0.3 is 10.5 Å². The molecule has 0 bridgehead atoms. The standard InChI is InChI=1S/C11H8N4O5/c12-10-5-7(14(16)17)6-11(13-10)20-9-4-2-1-3-8(9)15(18)19/h1-6H,(H2,12,13). The number of ether oxygens (including phenoxy) is 1. The largest absolute Gasteiger partial charge is 0.431 e. The minimum Gasteiger partial charge on any atom is -0.431 e. The summed E-state index contributed by atoms with van der Waals surface area (Å²) in [4.78, 5) is 24.0. The van der Waals surface area contributed by atoms with Crippen molar-refractivity contribution in [2.24, 2.45) is 0 Å². The number of anilines is 1. The molecule has 1 heterocycles. The van der Waals surface area contributed by atoms with Gasteiger partial charge in [0.05, 0.1) is 22.0 Å². The van der Waals surface area contributed by atoms with Crippen molar-refractivity contribution in [2.45, 2.75) is 0 Å². The number of rotatable bonds is 4. The number of hydrogen-bond donors (Lipinski definition) is 1. The minimum atomic E-state index is -0.662. The molecule has 0 aliphatic heterocycles. The third-order valence-corrected chi connectivity index (χ3v) is 2.29. The number of nitrogens with zero attached hydrogens (tertiary/aromatic N) is 3. The Labute approximate surface area is 111 Å². The number of hydrogen-bond acceptors (Lipinski definition) is 7. The Hall–Kier alpha value is -3.23. The molecular weight excluding hydrogens is 268 g/mol. The molecule has 0 spiro atoms. The minimum absolute atomic E-state index is 0.0788. The maximum atomic E-state index is 10.8. The normalized spacial score (nSPS) is 10.0. The van der Waals surface area contributed by atoms with E-state index in [0.29, 0.717) is 0 Å². The topological polar surface area (TPSA) is 134 Å². The van der Waals surface area contributed by atoms with E-state index < -0.39 is 9.85 Å². The summed E-state index contributed by atoms with van der Waals surface area (Å²) < 4.78 is 5.21. The Kier molecular flexibility index (Phi) is 3.42. The second kappa shape index (κ2) is 5.18. The van der Waals surface area contributed by atoms with Crippen LogP contribution >= 0.6 is 0 Å². The van der Waals surface area contributed by atoms with E-state index in [1.54, 1.807) is 0 Å². The van der Waals surface area contributed by atoms with Crippen LogP contribution in [-0.4, -0.2) is 14.8 Å². The second-order valence-electron chi connectivity index (χ2n) is 3.67. The Morgan fingerprint density at radius 3 is 2.45 bits per heavy atom. The second-order valence-corrected chi connectivity index (χ2v) is 3.67. The first-order chi connectivity index (χ1) is 9.47. The zero-order valence-corrected chi connectivity index (χ0v) is 9.92. The molecule has 9 heteroatoms. The van der Waals surface area contributed by atoms with Crippen molar-refractivity contribution in [3.63, 3.8) is 0 Å². The average Bonchev–Trinajstić information content (AvgIpc) is 2.38. The van der Waals surface area contributed by atoms with Crippen LogP contribution in [0.5, 0.6) is 11.6 Å². The molecule has 0 fully saturated rings. The highest BCUT2D eigenvalue weighted by molar-refractivity contribution is 5.50. The van der Waals surface area contributed by atoms with E-state index in [-0.39, 0.29) is 28.8 Å². The monoisotopic (exact) mass is 276 g/mol. The van der Waals surface area contributed by atoms with Crippen LogP contribution in [0.25, 0.3) is 0 Å². The number of nitrogen functional groups attached to an aromatic ring is 1. The van der Waals surface area contributed by atoms with Crippen molar-refractivity contribution in [3.05, 3.63) is 56.6 Å². The Morgan fingerprint density at radius 2 is 1.80 bits per heavy atom. The zero-order chi connectivity index (χ0) is 14.7. The summed E-state index contributed by atoms with van der Waals surface area (Å²) in [5, 5.41) is 21.5. The summed E-state index contributed by atoms with van der Waals surface area (Å²) in [5.74, 6) is -0.385. The molecule has 0 aliphatic carbocycles. The van der Waals surface area contributed by atoms with Crippen LogP contribution in [0.2, 0.25) is 0 Å². The van der Waals surface area contributed by atoms with E-state index in [4.69, 9.17) is 10.5 Å². The molecule has 2 rings (SSSR count). The highest BCUT2D eigenvalue weighted by Gasteiger charge is 2.17. The van der Waals surface area contributed by atoms with Gasteiger partial charge in [-0.1, -0.05) is 12.1 Å². The molecule has 1 aromatic heterocycles. The average molecular weight is 276 g/mol. The Bertz CT molecular complexity index is 688. The lowest BCUT2D eigenvalue weighted by molar-refractivity contribution is -0.386. The van der Waals surface area contributed by atoms with Gasteiger partial charge in [-0.2, -0.15) is 4.98 Å². The Morgan fingerprint density at radius 1 is 1.10 bits per heavy atom. The van der Waals surface area contributed by atoms with E-state index in [9.17, 15) is 20.2 Å². The van der Waals surface area contributed by atoms with Crippen LogP contribution in [0.1, 0.15) is 0 Å². The summed E-state index contributed by atoms with van der Waals surface area (Å²) >= 11 is 0. The molecule has 0 radical (unpaired) electrons. The molecular formula is C11H8N4O5. The van der Waals surface area contributed by atoms with Gasteiger partial charge in [-0.15, -0.1) is 0 Å². The first-order valence-electron chi connectivity index (χ1n) is 5.30. The number of benzene rings is 1. The molecule has 0 amide bonds. The lowest BCUT2D eigenvalue weighted by atomic mass is 10.3. The summed E-state index contributed by atoms with van der Waals surface area (Å²) in [5.41, 5.74) is 4.83. The van der Waals surface area contributed by atoms with Crippen molar-refractivity contribution in [2.75, 3.05) is 5.73 Å². The van der Waals surface area contributed by atoms with Crippen LogP contribution < -0.4 is 10.5 Å². The number of aromatic nitrogens is 1. The van der Waals surface area contributed by atoms with E-state index in [2.05, 4.69) is 4.98 Å². The molecule has 102 valence electrons. The van der Waals surface area contributed by atoms with E-state index in [0.717, 1.165) is 12.1 Å². The van der Waals surface area contributed by atoms with Gasteiger partial charge in [0, 0.05) is 6.07 Å². The van der Waals surface area contributed by atoms with Crippen LogP contribution in [0.3, 0.4) is 0 Å². The molecule has 2 N–H and O–H groups in total. The molecule has 1 aromatic carbocycles. The number of nitro groups is 2. The summed E-state index contributed by atoms with van der Waals surface area (Å²) in [6, 6.07) is 7.70. The molecule has 0 atom stereocenters. The Balaban J connectivity index is 2.40. The van der Waals surface area contributed by atoms with Crippen LogP contribution in [0.4, 0.5) is 17.2 Å². The summed E-state index contributed by atoms with van der Waals surface area (Å²) in [6.45, 7) is 0. The molecule has 20 heavy (non-hydrogen) atoms. The maximum Gasteiger partial charge on any atom is 0.311 e. The lowest BCUT2D eigenvalue weighted by Crippen LogP contribution is -1.98. The third-order valence-electron chi connectivity index (χ3n) is 2.29. The van der Waals surface area contributed by atoms with Crippen LogP contribution in [0, 0.1) is 20.2 Å². The summed E-state index contributed by atoms with van der Waals surface area (Å²) in [7, 11) is 0. The fourth-order valence-corrected chi connectivity index (χ4v) is 1.48. The van der Waals surface area contributed by atoms with E-state index in [1.165, 1.54) is 24.3 Å². The van der Waals surface area contributed by atoms with Gasteiger partial charge in [-0.05, 0) is 6.07 Å². The van der Waals surface area contributed by atoms with Gasteiger partial charge in [-0.3, -0.25) is 20.2 Å². The maximum absolute atomic E-state index is 10.8. The van der Waals surface area contributed by atoms with Crippen molar-refractivity contribution >= 4 is 17.2 Å². The van der Waals surface area contributed by atoms with Crippen LogP contribution in [0.15, 0.2) is 36.4 Å². The highest BCUT2D eigenvalue weighted by Crippen LogP contribution is 2.31. The van der Waals surface area contributed by atoms with Crippen molar-refractivity contribution in [1.29, 1.82) is 0 Å². The van der Waals surface area contributed by atoms with Crippen molar-refractivity contribution in [3.8, 4) is 11.6 Å². The van der Waals surface area contributed by atoms with Crippen LogP contribution in [-0.2, 0) is 0 Å². The highest BCUT2D eigenvalue weighted by atomic mass is 16.6. The first-order valence-corrected chi connectivity index (χ1v) is 5.30.